The zero-order chi connectivity index (χ0) is 21.8. The lowest BCUT2D eigenvalue weighted by Crippen LogP contribution is -2.46. The molecule has 3 atom stereocenters. The molecule has 1 aromatic heterocycles. The summed E-state index contributed by atoms with van der Waals surface area (Å²) in [5, 5.41) is 11.6. The van der Waals surface area contributed by atoms with Crippen molar-refractivity contribution >= 4 is 16.8 Å². The number of aromatic nitrogens is 1. The van der Waals surface area contributed by atoms with Crippen LogP contribution in [0.3, 0.4) is 0 Å². The van der Waals surface area contributed by atoms with Crippen LogP contribution in [0.1, 0.15) is 73.0 Å². The summed E-state index contributed by atoms with van der Waals surface area (Å²) in [6.07, 6.45) is 4.52. The van der Waals surface area contributed by atoms with Crippen LogP contribution < -0.4 is 0 Å². The lowest BCUT2D eigenvalue weighted by atomic mass is 9.90. The summed E-state index contributed by atoms with van der Waals surface area (Å²) in [5.74, 6) is -2.63. The van der Waals surface area contributed by atoms with E-state index in [1.807, 2.05) is 34.9 Å². The third kappa shape index (κ3) is 3.61. The Morgan fingerprint density at radius 3 is 2.71 bits per heavy atom. The molecule has 1 aliphatic carbocycles. The smallest absolute Gasteiger partial charge is 0.255 e. The molecule has 1 saturated heterocycles. The summed E-state index contributed by atoms with van der Waals surface area (Å²) in [6, 6.07) is 5.51. The van der Waals surface area contributed by atoms with Gasteiger partial charge in [0, 0.05) is 55.2 Å². The summed E-state index contributed by atoms with van der Waals surface area (Å²) in [4.78, 5) is 22.0. The first kappa shape index (κ1) is 20.8. The monoisotopic (exact) mass is 429 g/mol. The van der Waals surface area contributed by atoms with E-state index >= 15 is 0 Å². The molecule has 166 valence electrons. The molecule has 5 nitrogen and oxygen atoms in total. The van der Waals surface area contributed by atoms with E-state index in [1.165, 1.54) is 0 Å². The van der Waals surface area contributed by atoms with Gasteiger partial charge in [0.05, 0.1) is 23.7 Å². The number of benzene rings is 1. The van der Waals surface area contributed by atoms with E-state index in [4.69, 9.17) is 0 Å². The average molecular weight is 430 g/mol. The van der Waals surface area contributed by atoms with E-state index in [1.54, 1.807) is 6.20 Å². The lowest BCUT2D eigenvalue weighted by Gasteiger charge is -2.37. The van der Waals surface area contributed by atoms with Gasteiger partial charge in [-0.2, -0.15) is 0 Å². The van der Waals surface area contributed by atoms with Crippen molar-refractivity contribution in [2.75, 3.05) is 13.1 Å². The number of carbonyl (C=O) groups is 1. The first-order valence-electron chi connectivity index (χ1n) is 11.4. The molecule has 1 amide bonds. The minimum atomic E-state index is -2.58. The Kier molecular flexibility index (Phi) is 5.21. The van der Waals surface area contributed by atoms with Crippen molar-refractivity contribution in [3.63, 3.8) is 0 Å². The molecule has 2 aromatic rings. The zero-order valence-corrected chi connectivity index (χ0v) is 17.9. The maximum atomic E-state index is 13.6. The van der Waals surface area contributed by atoms with E-state index < -0.39 is 12.0 Å². The fourth-order valence-electron chi connectivity index (χ4n) is 5.65. The quantitative estimate of drug-likeness (QED) is 0.791. The molecule has 31 heavy (non-hydrogen) atoms. The van der Waals surface area contributed by atoms with Gasteiger partial charge in [-0.15, -0.1) is 0 Å². The molecule has 2 fully saturated rings. The van der Waals surface area contributed by atoms with Crippen LogP contribution in [-0.2, 0) is 6.54 Å². The van der Waals surface area contributed by atoms with Crippen LogP contribution in [0.25, 0.3) is 10.9 Å². The highest BCUT2D eigenvalue weighted by Gasteiger charge is 2.43. The van der Waals surface area contributed by atoms with Crippen LogP contribution in [0.5, 0.6) is 0 Å². The summed E-state index contributed by atoms with van der Waals surface area (Å²) in [7, 11) is 0. The van der Waals surface area contributed by atoms with Gasteiger partial charge >= 0.3 is 0 Å². The fraction of sp³-hybridized carbons (Fsp3) is 0.583. The number of aliphatic hydroxyl groups excluding tert-OH is 1. The number of alkyl halides is 2. The number of pyridine rings is 1. The van der Waals surface area contributed by atoms with E-state index in [9.17, 15) is 18.7 Å². The van der Waals surface area contributed by atoms with Gasteiger partial charge in [0.25, 0.3) is 11.8 Å². The Morgan fingerprint density at radius 1 is 1.23 bits per heavy atom. The van der Waals surface area contributed by atoms with Crippen molar-refractivity contribution in [2.45, 2.75) is 76.1 Å². The zero-order valence-electron chi connectivity index (χ0n) is 17.9. The van der Waals surface area contributed by atoms with Crippen LogP contribution >= 0.6 is 0 Å². The number of aliphatic hydroxyl groups is 1. The Balaban J connectivity index is 1.52. The molecule has 1 saturated carbocycles. The molecule has 7 heteroatoms. The summed E-state index contributed by atoms with van der Waals surface area (Å²) < 4.78 is 27.2. The molecule has 1 aromatic carbocycles. The van der Waals surface area contributed by atoms with Gasteiger partial charge in [-0.25, -0.2) is 8.78 Å². The second-order valence-electron chi connectivity index (χ2n) is 9.34. The predicted octanol–water partition coefficient (Wildman–Crippen LogP) is 4.29. The number of hydrogen-bond donors (Lipinski definition) is 1. The largest absolute Gasteiger partial charge is 0.391 e. The van der Waals surface area contributed by atoms with Crippen LogP contribution in [0.15, 0.2) is 24.4 Å². The second kappa shape index (κ2) is 7.78. The van der Waals surface area contributed by atoms with Gasteiger partial charge in [0.15, 0.2) is 0 Å². The third-order valence-corrected chi connectivity index (χ3v) is 7.35. The molecule has 3 heterocycles. The minimum absolute atomic E-state index is 0.0487. The third-order valence-electron chi connectivity index (χ3n) is 7.35. The van der Waals surface area contributed by atoms with Crippen molar-refractivity contribution in [3.8, 4) is 0 Å². The summed E-state index contributed by atoms with van der Waals surface area (Å²) in [6.45, 7) is 3.23. The van der Waals surface area contributed by atoms with Gasteiger partial charge in [-0.1, -0.05) is 18.9 Å². The average Bonchev–Trinajstić information content (AvgIpc) is 3.00. The molecular weight excluding hydrogens is 400 g/mol. The highest BCUT2D eigenvalue weighted by atomic mass is 19.3. The van der Waals surface area contributed by atoms with Crippen molar-refractivity contribution < 1.29 is 18.7 Å². The van der Waals surface area contributed by atoms with E-state index in [-0.39, 0.29) is 30.8 Å². The predicted molar refractivity (Wildman–Crippen MR) is 114 cm³/mol. The number of carbonyl (C=O) groups excluding carboxylic acids is 1. The van der Waals surface area contributed by atoms with Crippen molar-refractivity contribution in [1.82, 2.24) is 14.8 Å². The summed E-state index contributed by atoms with van der Waals surface area (Å²) in [5.41, 5.74) is 3.34. The fourth-order valence-corrected chi connectivity index (χ4v) is 5.65. The van der Waals surface area contributed by atoms with Gasteiger partial charge in [0.1, 0.15) is 0 Å². The van der Waals surface area contributed by atoms with Gasteiger partial charge in [-0.05, 0) is 37.5 Å². The van der Waals surface area contributed by atoms with Crippen LogP contribution in [0.2, 0.25) is 0 Å². The van der Waals surface area contributed by atoms with Gasteiger partial charge in [-0.3, -0.25) is 14.7 Å². The van der Waals surface area contributed by atoms with E-state index in [2.05, 4.69) is 4.98 Å². The standard InChI is InChI=1S/C24H29F2N3O2/c1-15-21-18(23(31)29(15)19-6-2-3-7-20(19)30)13-16(17-5-4-10-27-22(17)21)14-28-11-8-24(25,26)9-12-28/h4-5,10,13,15,19-20,30H,2-3,6-9,11-12,14H2,1H3/t15?,19-,20+/m1/s1. The second-order valence-corrected chi connectivity index (χ2v) is 9.34. The number of nitrogens with zero attached hydrogens (tertiary/aromatic N) is 3. The lowest BCUT2D eigenvalue weighted by molar-refractivity contribution is -0.0565. The molecule has 5 rings (SSSR count). The summed E-state index contributed by atoms with van der Waals surface area (Å²) >= 11 is 0. The number of halogens is 2. The number of piperidine rings is 1. The Labute approximate surface area is 181 Å². The molecule has 1 unspecified atom stereocenters. The number of rotatable bonds is 3. The van der Waals surface area contributed by atoms with Gasteiger partial charge in [0.2, 0.25) is 0 Å². The van der Waals surface area contributed by atoms with E-state index in [0.717, 1.165) is 47.7 Å². The Hall–Kier alpha value is -2.12. The number of hydrogen-bond acceptors (Lipinski definition) is 4. The topological polar surface area (TPSA) is 56.7 Å². The van der Waals surface area contributed by atoms with E-state index in [0.29, 0.717) is 25.2 Å². The van der Waals surface area contributed by atoms with Crippen LogP contribution in [0, 0.1) is 0 Å². The van der Waals surface area contributed by atoms with Crippen molar-refractivity contribution in [2.24, 2.45) is 0 Å². The molecule has 0 spiro atoms. The minimum Gasteiger partial charge on any atom is -0.391 e. The number of amides is 1. The van der Waals surface area contributed by atoms with Crippen molar-refractivity contribution in [3.05, 3.63) is 41.1 Å². The molecule has 0 radical (unpaired) electrons. The maximum Gasteiger partial charge on any atom is 0.255 e. The first-order chi connectivity index (χ1) is 14.9. The normalized spacial score (nSPS) is 28.8. The number of fused-ring (bicyclic) bond motifs is 3. The first-order valence-corrected chi connectivity index (χ1v) is 11.4. The maximum absolute atomic E-state index is 13.6. The molecule has 3 aliphatic rings. The molecular formula is C24H29F2N3O2. The Bertz CT molecular complexity index is 1000. The highest BCUT2D eigenvalue weighted by molar-refractivity contribution is 6.05. The molecule has 1 N–H and O–H groups in total. The molecule has 0 bridgehead atoms. The van der Waals surface area contributed by atoms with Crippen LogP contribution in [-0.4, -0.2) is 57.0 Å². The van der Waals surface area contributed by atoms with Crippen molar-refractivity contribution in [1.29, 1.82) is 0 Å². The Morgan fingerprint density at radius 2 is 1.97 bits per heavy atom. The number of likely N-dealkylation sites (tertiary alicyclic amines) is 1. The molecule has 2 aliphatic heterocycles. The van der Waals surface area contributed by atoms with Gasteiger partial charge < -0.3 is 10.0 Å². The van der Waals surface area contributed by atoms with Crippen LogP contribution in [0.4, 0.5) is 8.78 Å². The SMILES string of the molecule is CC1c2c(cc(CN3CCC(F)(F)CC3)c3cccnc23)C(=O)N1[C@@H]1CCCC[C@@H]1O. The highest BCUT2D eigenvalue weighted by Crippen LogP contribution is 2.43.